The topological polar surface area (TPSA) is 32.3 Å². The van der Waals surface area contributed by atoms with Crippen molar-refractivity contribution in [1.82, 2.24) is 5.32 Å². The summed E-state index contributed by atoms with van der Waals surface area (Å²) in [7, 11) is 0. The second-order valence-corrected chi connectivity index (χ2v) is 7.29. The van der Waals surface area contributed by atoms with Gasteiger partial charge in [-0.1, -0.05) is 39.5 Å². The lowest BCUT2D eigenvalue weighted by molar-refractivity contribution is 0.196. The van der Waals surface area contributed by atoms with Crippen LogP contribution < -0.4 is 5.32 Å². The van der Waals surface area contributed by atoms with E-state index in [0.29, 0.717) is 16.5 Å². The molecule has 0 aliphatic heterocycles. The van der Waals surface area contributed by atoms with Crippen LogP contribution in [0.5, 0.6) is 0 Å². The maximum absolute atomic E-state index is 9.70. The molecule has 4 atom stereocenters. The summed E-state index contributed by atoms with van der Waals surface area (Å²) in [4.78, 5) is 0. The van der Waals surface area contributed by atoms with Crippen molar-refractivity contribution in [1.29, 1.82) is 0 Å². The minimum atomic E-state index is -0.202. The molecule has 18 heavy (non-hydrogen) atoms. The van der Waals surface area contributed by atoms with Gasteiger partial charge in [-0.15, -0.1) is 0 Å². The summed E-state index contributed by atoms with van der Waals surface area (Å²) >= 11 is 2.00. The van der Waals surface area contributed by atoms with Gasteiger partial charge in [-0.25, -0.2) is 0 Å². The predicted molar refractivity (Wildman–Crippen MR) is 82.3 cm³/mol. The lowest BCUT2D eigenvalue weighted by atomic mass is 9.96. The van der Waals surface area contributed by atoms with E-state index >= 15 is 0 Å². The van der Waals surface area contributed by atoms with Crippen molar-refractivity contribution < 1.29 is 5.11 Å². The number of hydrogen-bond acceptors (Lipinski definition) is 3. The molecule has 0 bridgehead atoms. The van der Waals surface area contributed by atoms with Crippen LogP contribution in [-0.2, 0) is 0 Å². The number of aliphatic hydroxyl groups excluding tert-OH is 1. The zero-order valence-corrected chi connectivity index (χ0v) is 13.1. The first-order valence-electron chi connectivity index (χ1n) is 7.72. The molecule has 0 aromatic heterocycles. The number of aliphatic hydroxyl groups is 1. The first-order valence-corrected chi connectivity index (χ1v) is 8.66. The molecule has 2 N–H and O–H groups in total. The van der Waals surface area contributed by atoms with Gasteiger partial charge in [-0.05, 0) is 32.7 Å². The highest BCUT2D eigenvalue weighted by atomic mass is 32.2. The molecule has 0 radical (unpaired) electrons. The number of hydrogen-bond donors (Lipinski definition) is 2. The zero-order valence-electron chi connectivity index (χ0n) is 12.3. The van der Waals surface area contributed by atoms with Gasteiger partial charge in [-0.3, -0.25) is 0 Å². The summed E-state index contributed by atoms with van der Waals surface area (Å²) in [5, 5.41) is 14.5. The van der Waals surface area contributed by atoms with E-state index < -0.39 is 0 Å². The second kappa shape index (κ2) is 9.22. The zero-order chi connectivity index (χ0) is 13.4. The number of nitrogens with one attached hydrogen (secondary N) is 1. The van der Waals surface area contributed by atoms with Gasteiger partial charge in [0, 0.05) is 16.5 Å². The Morgan fingerprint density at radius 1 is 1.17 bits per heavy atom. The van der Waals surface area contributed by atoms with Gasteiger partial charge in [0.2, 0.25) is 0 Å². The van der Waals surface area contributed by atoms with Crippen LogP contribution in [0.2, 0.25) is 0 Å². The van der Waals surface area contributed by atoms with Crippen LogP contribution in [0.4, 0.5) is 0 Å². The number of rotatable bonds is 6. The third-order valence-corrected chi connectivity index (χ3v) is 5.66. The van der Waals surface area contributed by atoms with Crippen LogP contribution in [0.1, 0.15) is 65.7 Å². The molecule has 1 aliphatic carbocycles. The molecule has 108 valence electrons. The molecule has 0 saturated heterocycles. The summed E-state index contributed by atoms with van der Waals surface area (Å²) in [6.45, 7) is 7.43. The van der Waals surface area contributed by atoms with Crippen molar-refractivity contribution >= 4 is 11.8 Å². The van der Waals surface area contributed by atoms with Crippen LogP contribution >= 0.6 is 11.8 Å². The van der Waals surface area contributed by atoms with Crippen molar-refractivity contribution in [3.8, 4) is 0 Å². The van der Waals surface area contributed by atoms with Gasteiger partial charge in [0.15, 0.2) is 0 Å². The molecular formula is C15H31NOS. The van der Waals surface area contributed by atoms with E-state index in [-0.39, 0.29) is 6.10 Å². The molecular weight excluding hydrogens is 242 g/mol. The van der Waals surface area contributed by atoms with Gasteiger partial charge in [0.25, 0.3) is 0 Å². The molecule has 0 aromatic carbocycles. The predicted octanol–water partition coefficient (Wildman–Crippen LogP) is 3.58. The van der Waals surface area contributed by atoms with E-state index in [9.17, 15) is 5.11 Å². The molecule has 0 aromatic rings. The van der Waals surface area contributed by atoms with E-state index in [1.807, 2.05) is 18.7 Å². The van der Waals surface area contributed by atoms with Gasteiger partial charge in [0.1, 0.15) is 0 Å². The lowest BCUT2D eigenvalue weighted by Gasteiger charge is -2.32. The first-order chi connectivity index (χ1) is 8.65. The quantitative estimate of drug-likeness (QED) is 0.776. The molecule has 0 amide bonds. The van der Waals surface area contributed by atoms with E-state index in [2.05, 4.69) is 19.2 Å². The number of thioether (sulfide) groups is 1. The van der Waals surface area contributed by atoms with Crippen LogP contribution in [0.15, 0.2) is 0 Å². The average molecular weight is 273 g/mol. The Bertz CT molecular complexity index is 209. The van der Waals surface area contributed by atoms with E-state index in [1.54, 1.807) is 0 Å². The lowest BCUT2D eigenvalue weighted by Crippen LogP contribution is -2.40. The molecule has 1 rings (SSSR count). The van der Waals surface area contributed by atoms with Crippen LogP contribution in [0.3, 0.4) is 0 Å². The minimum Gasteiger partial charge on any atom is -0.392 e. The molecule has 0 spiro atoms. The van der Waals surface area contributed by atoms with E-state index in [1.165, 1.54) is 44.9 Å². The van der Waals surface area contributed by atoms with Crippen molar-refractivity contribution in [3.05, 3.63) is 0 Å². The van der Waals surface area contributed by atoms with Gasteiger partial charge >= 0.3 is 0 Å². The standard InChI is InChI=1S/C15H31NOS/c1-4-11-16-14-9-7-5-6-8-10-15(14)18-13(3)12(2)17/h12-17H,4-11H2,1-3H3. The van der Waals surface area contributed by atoms with Crippen LogP contribution in [0.25, 0.3) is 0 Å². The Hall–Kier alpha value is 0.270. The monoisotopic (exact) mass is 273 g/mol. The Kier molecular flexibility index (Phi) is 8.36. The highest BCUT2D eigenvalue weighted by Crippen LogP contribution is 2.31. The molecule has 0 heterocycles. The van der Waals surface area contributed by atoms with Gasteiger partial charge < -0.3 is 10.4 Å². The fraction of sp³-hybridized carbons (Fsp3) is 1.00. The third-order valence-electron chi connectivity index (χ3n) is 3.93. The van der Waals surface area contributed by atoms with E-state index in [0.717, 1.165) is 6.54 Å². The molecule has 4 unspecified atom stereocenters. The second-order valence-electron chi connectivity index (χ2n) is 5.67. The fourth-order valence-corrected chi connectivity index (χ4v) is 4.07. The molecule has 3 heteroatoms. The van der Waals surface area contributed by atoms with E-state index in [4.69, 9.17) is 0 Å². The molecule has 2 nitrogen and oxygen atoms in total. The molecule has 1 saturated carbocycles. The first kappa shape index (κ1) is 16.3. The van der Waals surface area contributed by atoms with Crippen LogP contribution in [0, 0.1) is 0 Å². The Balaban J connectivity index is 2.53. The van der Waals surface area contributed by atoms with Gasteiger partial charge in [0.05, 0.1) is 6.10 Å². The summed E-state index contributed by atoms with van der Waals surface area (Å²) in [6.07, 6.45) is 9.13. The van der Waals surface area contributed by atoms with Gasteiger partial charge in [-0.2, -0.15) is 11.8 Å². The smallest absolute Gasteiger partial charge is 0.0628 e. The summed E-state index contributed by atoms with van der Waals surface area (Å²) in [5.41, 5.74) is 0. The molecule has 1 aliphatic rings. The molecule has 1 fully saturated rings. The van der Waals surface area contributed by atoms with Crippen LogP contribution in [-0.4, -0.2) is 34.3 Å². The van der Waals surface area contributed by atoms with Crippen molar-refractivity contribution in [3.63, 3.8) is 0 Å². The highest BCUT2D eigenvalue weighted by Gasteiger charge is 2.25. The Morgan fingerprint density at radius 3 is 2.44 bits per heavy atom. The highest BCUT2D eigenvalue weighted by molar-refractivity contribution is 8.00. The maximum atomic E-state index is 9.70. The van der Waals surface area contributed by atoms with Crippen molar-refractivity contribution in [2.24, 2.45) is 0 Å². The normalized spacial score (nSPS) is 29.3. The third kappa shape index (κ3) is 5.94. The summed E-state index contributed by atoms with van der Waals surface area (Å²) in [6, 6.07) is 0.649. The van der Waals surface area contributed by atoms with Crippen molar-refractivity contribution in [2.45, 2.75) is 88.4 Å². The minimum absolute atomic E-state index is 0.202. The summed E-state index contributed by atoms with van der Waals surface area (Å²) in [5.74, 6) is 0. The SMILES string of the molecule is CCCNC1CCCCCCC1SC(C)C(C)O. The largest absolute Gasteiger partial charge is 0.392 e. The van der Waals surface area contributed by atoms with Crippen molar-refractivity contribution in [2.75, 3.05) is 6.54 Å². The summed E-state index contributed by atoms with van der Waals surface area (Å²) < 4.78 is 0. The average Bonchev–Trinajstić information content (AvgIpc) is 2.31. The fourth-order valence-electron chi connectivity index (χ4n) is 2.57. The maximum Gasteiger partial charge on any atom is 0.0628 e. The Morgan fingerprint density at radius 2 is 1.83 bits per heavy atom. The Labute approximate surface area is 117 Å².